The molecule has 0 aliphatic carbocycles. The Labute approximate surface area is 115 Å². The van der Waals surface area contributed by atoms with Gasteiger partial charge >= 0.3 is 0 Å². The van der Waals surface area contributed by atoms with Crippen molar-refractivity contribution in [3.63, 3.8) is 0 Å². The molecule has 0 spiro atoms. The lowest BCUT2D eigenvalue weighted by atomic mass is 10.1. The monoisotopic (exact) mass is 270 g/mol. The number of hydrogen-bond donors (Lipinski definition) is 2. The van der Waals surface area contributed by atoms with Crippen molar-refractivity contribution in [3.8, 4) is 22.8 Å². The highest BCUT2D eigenvalue weighted by Crippen LogP contribution is 2.31. The molecule has 0 aliphatic rings. The maximum absolute atomic E-state index is 6.15. The summed E-state index contributed by atoms with van der Waals surface area (Å²) in [6.07, 6.45) is 0. The molecule has 3 aromatic rings. The largest absolute Gasteiger partial charge is 0.398 e. The highest BCUT2D eigenvalue weighted by molar-refractivity contribution is 6.33. The molecule has 2 aromatic carbocycles. The second kappa shape index (κ2) is 4.74. The fourth-order valence-electron chi connectivity index (χ4n) is 1.88. The first kappa shape index (κ1) is 11.7. The third-order valence-electron chi connectivity index (χ3n) is 2.80. The Balaban J connectivity index is 2.07. The van der Waals surface area contributed by atoms with Crippen LogP contribution in [0.25, 0.3) is 22.8 Å². The number of nitrogens with two attached hydrogens (primary N) is 1. The maximum atomic E-state index is 6.15. The molecular weight excluding hydrogens is 260 g/mol. The predicted octanol–water partition coefficient (Wildman–Crippen LogP) is 3.37. The standard InChI is InChI=1S/C14H11ClN4/c15-10-7-4-8-11(16)12(10)14-17-13(18-19-14)9-5-2-1-3-6-9/h1-8H,16H2,(H,17,18,19). The van der Waals surface area contributed by atoms with Gasteiger partial charge < -0.3 is 5.73 Å². The van der Waals surface area contributed by atoms with Gasteiger partial charge in [-0.05, 0) is 12.1 Å². The van der Waals surface area contributed by atoms with Gasteiger partial charge in [0.05, 0.1) is 10.6 Å². The summed E-state index contributed by atoms with van der Waals surface area (Å²) in [5, 5.41) is 7.62. The number of halogens is 1. The van der Waals surface area contributed by atoms with Crippen LogP contribution in [0.4, 0.5) is 5.69 Å². The number of hydrogen-bond acceptors (Lipinski definition) is 3. The first-order valence-corrected chi connectivity index (χ1v) is 6.15. The average Bonchev–Trinajstić information content (AvgIpc) is 2.89. The van der Waals surface area contributed by atoms with Crippen molar-refractivity contribution in [2.75, 3.05) is 5.73 Å². The Morgan fingerprint density at radius 2 is 1.79 bits per heavy atom. The van der Waals surface area contributed by atoms with E-state index in [1.165, 1.54) is 0 Å². The smallest absolute Gasteiger partial charge is 0.181 e. The molecule has 0 bridgehead atoms. The van der Waals surface area contributed by atoms with Crippen molar-refractivity contribution >= 4 is 17.3 Å². The Kier molecular flexibility index (Phi) is 2.93. The molecule has 94 valence electrons. The van der Waals surface area contributed by atoms with Crippen LogP contribution in [-0.4, -0.2) is 15.2 Å². The van der Waals surface area contributed by atoms with E-state index in [2.05, 4.69) is 15.2 Å². The van der Waals surface area contributed by atoms with Crippen LogP contribution in [0.5, 0.6) is 0 Å². The number of nitrogens with zero attached hydrogens (tertiary/aromatic N) is 2. The molecule has 0 amide bonds. The normalized spacial score (nSPS) is 10.6. The maximum Gasteiger partial charge on any atom is 0.181 e. The Morgan fingerprint density at radius 3 is 2.53 bits per heavy atom. The second-order valence-electron chi connectivity index (χ2n) is 4.08. The SMILES string of the molecule is Nc1cccc(Cl)c1-c1nc(-c2ccccc2)n[nH]1. The predicted molar refractivity (Wildman–Crippen MR) is 76.7 cm³/mol. The van der Waals surface area contributed by atoms with Crippen LogP contribution in [0.2, 0.25) is 5.02 Å². The number of H-pyrrole nitrogens is 1. The summed E-state index contributed by atoms with van der Waals surface area (Å²) in [6, 6.07) is 15.1. The zero-order valence-electron chi connectivity index (χ0n) is 9.97. The molecular formula is C14H11ClN4. The van der Waals surface area contributed by atoms with E-state index < -0.39 is 0 Å². The highest BCUT2D eigenvalue weighted by Gasteiger charge is 2.12. The minimum absolute atomic E-state index is 0.552. The zero-order valence-corrected chi connectivity index (χ0v) is 10.7. The Hall–Kier alpha value is -2.33. The van der Waals surface area contributed by atoms with E-state index in [4.69, 9.17) is 17.3 Å². The Bertz CT molecular complexity index is 686. The molecule has 0 unspecified atom stereocenters. The number of rotatable bonds is 2. The molecule has 5 heteroatoms. The van der Waals surface area contributed by atoms with E-state index in [1.807, 2.05) is 30.3 Å². The molecule has 3 rings (SSSR count). The first-order valence-electron chi connectivity index (χ1n) is 5.78. The van der Waals surface area contributed by atoms with Crippen LogP contribution in [0, 0.1) is 0 Å². The number of nitrogen functional groups attached to an aromatic ring is 1. The summed E-state index contributed by atoms with van der Waals surface area (Å²) in [7, 11) is 0. The summed E-state index contributed by atoms with van der Waals surface area (Å²) < 4.78 is 0. The molecule has 0 saturated heterocycles. The molecule has 19 heavy (non-hydrogen) atoms. The number of aromatic nitrogens is 3. The van der Waals surface area contributed by atoms with Crippen LogP contribution in [0.15, 0.2) is 48.5 Å². The molecule has 0 radical (unpaired) electrons. The molecule has 0 saturated carbocycles. The molecule has 3 N–H and O–H groups in total. The van der Waals surface area contributed by atoms with Crippen LogP contribution in [0.3, 0.4) is 0 Å². The van der Waals surface area contributed by atoms with Gasteiger partial charge in [0.1, 0.15) is 0 Å². The van der Waals surface area contributed by atoms with E-state index >= 15 is 0 Å². The second-order valence-corrected chi connectivity index (χ2v) is 4.48. The summed E-state index contributed by atoms with van der Waals surface area (Å²) in [5.74, 6) is 1.19. The van der Waals surface area contributed by atoms with Crippen molar-refractivity contribution in [3.05, 3.63) is 53.6 Å². The van der Waals surface area contributed by atoms with Gasteiger partial charge in [0.25, 0.3) is 0 Å². The van der Waals surface area contributed by atoms with E-state index in [-0.39, 0.29) is 0 Å². The van der Waals surface area contributed by atoms with Crippen LogP contribution < -0.4 is 5.73 Å². The minimum Gasteiger partial charge on any atom is -0.398 e. The summed E-state index contributed by atoms with van der Waals surface area (Å²) in [4.78, 5) is 4.44. The first-order chi connectivity index (χ1) is 9.25. The molecule has 1 aromatic heterocycles. The van der Waals surface area contributed by atoms with Crippen molar-refractivity contribution in [2.24, 2.45) is 0 Å². The van der Waals surface area contributed by atoms with E-state index in [9.17, 15) is 0 Å². The van der Waals surface area contributed by atoms with Crippen molar-refractivity contribution in [1.29, 1.82) is 0 Å². The van der Waals surface area contributed by atoms with Gasteiger partial charge in [-0.25, -0.2) is 4.98 Å². The minimum atomic E-state index is 0.552. The number of anilines is 1. The van der Waals surface area contributed by atoms with Gasteiger partial charge in [-0.3, -0.25) is 5.10 Å². The summed E-state index contributed by atoms with van der Waals surface area (Å²) in [5.41, 5.74) is 8.12. The average molecular weight is 271 g/mol. The van der Waals surface area contributed by atoms with Crippen molar-refractivity contribution in [2.45, 2.75) is 0 Å². The lowest BCUT2D eigenvalue weighted by molar-refractivity contribution is 1.10. The Morgan fingerprint density at radius 1 is 1.00 bits per heavy atom. The lowest BCUT2D eigenvalue weighted by Gasteiger charge is -2.03. The zero-order chi connectivity index (χ0) is 13.2. The van der Waals surface area contributed by atoms with Crippen molar-refractivity contribution in [1.82, 2.24) is 15.2 Å². The van der Waals surface area contributed by atoms with Gasteiger partial charge in [-0.2, -0.15) is 5.10 Å². The van der Waals surface area contributed by atoms with Crippen LogP contribution >= 0.6 is 11.6 Å². The third-order valence-corrected chi connectivity index (χ3v) is 3.12. The lowest BCUT2D eigenvalue weighted by Crippen LogP contribution is -1.92. The van der Waals surface area contributed by atoms with E-state index in [1.54, 1.807) is 18.2 Å². The molecule has 0 fully saturated rings. The summed E-state index contributed by atoms with van der Waals surface area (Å²) in [6.45, 7) is 0. The highest BCUT2D eigenvalue weighted by atomic mass is 35.5. The number of nitrogens with one attached hydrogen (secondary N) is 1. The quantitative estimate of drug-likeness (QED) is 0.702. The van der Waals surface area contributed by atoms with E-state index in [0.717, 1.165) is 5.56 Å². The van der Waals surface area contributed by atoms with Crippen molar-refractivity contribution < 1.29 is 0 Å². The van der Waals surface area contributed by atoms with Gasteiger partial charge in [0, 0.05) is 11.3 Å². The van der Waals surface area contributed by atoms with Gasteiger partial charge in [0.2, 0.25) is 0 Å². The number of aromatic amines is 1. The molecule has 4 nitrogen and oxygen atoms in total. The van der Waals surface area contributed by atoms with Gasteiger partial charge in [0.15, 0.2) is 11.6 Å². The van der Waals surface area contributed by atoms with Crippen LogP contribution in [0.1, 0.15) is 0 Å². The van der Waals surface area contributed by atoms with Crippen LogP contribution in [-0.2, 0) is 0 Å². The molecule has 0 aliphatic heterocycles. The fraction of sp³-hybridized carbons (Fsp3) is 0. The number of benzene rings is 2. The fourth-order valence-corrected chi connectivity index (χ4v) is 2.15. The molecule has 0 atom stereocenters. The van der Waals surface area contributed by atoms with E-state index in [0.29, 0.717) is 27.9 Å². The van der Waals surface area contributed by atoms with Gasteiger partial charge in [-0.15, -0.1) is 0 Å². The summed E-state index contributed by atoms with van der Waals surface area (Å²) >= 11 is 6.15. The third kappa shape index (κ3) is 2.18. The molecule has 1 heterocycles. The van der Waals surface area contributed by atoms with Gasteiger partial charge in [-0.1, -0.05) is 48.0 Å². The topological polar surface area (TPSA) is 67.6 Å².